The SMILES string of the molecule is CCOC(=O)COC1(c2ccccc2)c2cc(Cl)ccc2-n2c(C)nnc21. The molecular formula is C20H18ClN3O3. The molecule has 2 heterocycles. The zero-order valence-electron chi connectivity index (χ0n) is 15.0. The molecule has 0 saturated heterocycles. The van der Waals surface area contributed by atoms with Gasteiger partial charge in [0.1, 0.15) is 12.4 Å². The quantitative estimate of drug-likeness (QED) is 0.631. The predicted octanol–water partition coefficient (Wildman–Crippen LogP) is 3.41. The van der Waals surface area contributed by atoms with Crippen molar-refractivity contribution in [1.29, 1.82) is 0 Å². The van der Waals surface area contributed by atoms with Gasteiger partial charge in [0, 0.05) is 10.6 Å². The van der Waals surface area contributed by atoms with Crippen molar-refractivity contribution in [1.82, 2.24) is 14.8 Å². The summed E-state index contributed by atoms with van der Waals surface area (Å²) in [4.78, 5) is 12.1. The third-order valence-electron chi connectivity index (χ3n) is 4.61. The summed E-state index contributed by atoms with van der Waals surface area (Å²) in [6.07, 6.45) is 0. The normalized spacial score (nSPS) is 17.4. The van der Waals surface area contributed by atoms with Gasteiger partial charge in [-0.1, -0.05) is 41.9 Å². The largest absolute Gasteiger partial charge is 0.464 e. The molecule has 2 aromatic carbocycles. The summed E-state index contributed by atoms with van der Waals surface area (Å²) < 4.78 is 13.2. The molecule has 0 spiro atoms. The van der Waals surface area contributed by atoms with Gasteiger partial charge in [-0.25, -0.2) is 4.79 Å². The van der Waals surface area contributed by atoms with Crippen LogP contribution in [0.5, 0.6) is 0 Å². The van der Waals surface area contributed by atoms with Crippen molar-refractivity contribution in [2.75, 3.05) is 13.2 Å². The van der Waals surface area contributed by atoms with Crippen molar-refractivity contribution < 1.29 is 14.3 Å². The van der Waals surface area contributed by atoms with Gasteiger partial charge >= 0.3 is 5.97 Å². The number of hydrogen-bond donors (Lipinski definition) is 0. The number of nitrogens with zero attached hydrogens (tertiary/aromatic N) is 3. The molecule has 1 aliphatic rings. The number of hydrogen-bond acceptors (Lipinski definition) is 5. The standard InChI is InChI=1S/C20H18ClN3O3/c1-3-26-18(25)12-27-20(14-7-5-4-6-8-14)16-11-15(21)9-10-17(16)24-13(2)22-23-19(20)24/h4-11H,3,12H2,1-2H3. The summed E-state index contributed by atoms with van der Waals surface area (Å²) >= 11 is 6.31. The van der Waals surface area contributed by atoms with Gasteiger partial charge in [0.05, 0.1) is 12.3 Å². The Bertz CT molecular complexity index is 1000. The highest BCUT2D eigenvalue weighted by Crippen LogP contribution is 2.48. The van der Waals surface area contributed by atoms with Crippen molar-refractivity contribution >= 4 is 17.6 Å². The van der Waals surface area contributed by atoms with Gasteiger partial charge in [0.2, 0.25) is 0 Å². The molecule has 1 aliphatic heterocycles. The number of benzene rings is 2. The maximum absolute atomic E-state index is 12.1. The molecule has 1 unspecified atom stereocenters. The van der Waals surface area contributed by atoms with E-state index in [2.05, 4.69) is 10.2 Å². The Morgan fingerprint density at radius 2 is 1.96 bits per heavy atom. The van der Waals surface area contributed by atoms with Crippen molar-refractivity contribution in [2.45, 2.75) is 19.4 Å². The van der Waals surface area contributed by atoms with Crippen LogP contribution in [-0.4, -0.2) is 33.9 Å². The number of esters is 1. The molecule has 0 bridgehead atoms. The highest BCUT2D eigenvalue weighted by atomic mass is 35.5. The molecule has 138 valence electrons. The molecule has 0 N–H and O–H groups in total. The van der Waals surface area contributed by atoms with Crippen molar-refractivity contribution in [3.8, 4) is 5.69 Å². The second-order valence-electron chi connectivity index (χ2n) is 6.21. The topological polar surface area (TPSA) is 66.2 Å². The van der Waals surface area contributed by atoms with E-state index in [-0.39, 0.29) is 13.2 Å². The van der Waals surface area contributed by atoms with Crippen LogP contribution in [0.15, 0.2) is 48.5 Å². The fourth-order valence-corrected chi connectivity index (χ4v) is 3.71. The fourth-order valence-electron chi connectivity index (χ4n) is 3.54. The molecule has 6 nitrogen and oxygen atoms in total. The maximum atomic E-state index is 12.1. The molecule has 27 heavy (non-hydrogen) atoms. The van der Waals surface area contributed by atoms with Crippen LogP contribution in [0.4, 0.5) is 0 Å². The summed E-state index contributed by atoms with van der Waals surface area (Å²) in [5.41, 5.74) is 1.43. The lowest BCUT2D eigenvalue weighted by atomic mass is 9.86. The van der Waals surface area contributed by atoms with Crippen LogP contribution in [0.3, 0.4) is 0 Å². The molecule has 0 amide bonds. The van der Waals surface area contributed by atoms with Gasteiger partial charge in [-0.05, 0) is 37.6 Å². The molecule has 0 saturated carbocycles. The lowest BCUT2D eigenvalue weighted by molar-refractivity contribution is -0.152. The first-order chi connectivity index (χ1) is 13.1. The van der Waals surface area contributed by atoms with Crippen molar-refractivity contribution in [2.24, 2.45) is 0 Å². The van der Waals surface area contributed by atoms with E-state index in [1.165, 1.54) is 0 Å². The van der Waals surface area contributed by atoms with Crippen molar-refractivity contribution in [3.05, 3.63) is 76.3 Å². The van der Waals surface area contributed by atoms with E-state index in [4.69, 9.17) is 21.1 Å². The summed E-state index contributed by atoms with van der Waals surface area (Å²) in [5.74, 6) is 0.880. The van der Waals surface area contributed by atoms with E-state index in [1.807, 2.05) is 60.0 Å². The van der Waals surface area contributed by atoms with Gasteiger partial charge < -0.3 is 9.47 Å². The number of rotatable bonds is 5. The molecule has 7 heteroatoms. The van der Waals surface area contributed by atoms with Crippen LogP contribution in [0.2, 0.25) is 5.02 Å². The van der Waals surface area contributed by atoms with Crippen LogP contribution in [-0.2, 0) is 19.9 Å². The Labute approximate surface area is 161 Å². The number of carbonyl (C=O) groups excluding carboxylic acids is 1. The number of aryl methyl sites for hydroxylation is 1. The second-order valence-corrected chi connectivity index (χ2v) is 6.65. The van der Waals surface area contributed by atoms with Crippen molar-refractivity contribution in [3.63, 3.8) is 0 Å². The van der Waals surface area contributed by atoms with E-state index in [1.54, 1.807) is 6.92 Å². The number of carbonyl (C=O) groups is 1. The molecule has 0 aliphatic carbocycles. The minimum atomic E-state index is -1.10. The smallest absolute Gasteiger partial charge is 0.332 e. The summed E-state index contributed by atoms with van der Waals surface area (Å²) in [6.45, 7) is 3.70. The molecular weight excluding hydrogens is 366 g/mol. The number of aromatic nitrogens is 3. The Kier molecular flexibility index (Phi) is 4.45. The van der Waals surface area contributed by atoms with E-state index in [0.29, 0.717) is 10.8 Å². The Morgan fingerprint density at radius 3 is 2.70 bits per heavy atom. The van der Waals surface area contributed by atoms with E-state index < -0.39 is 11.6 Å². The van der Waals surface area contributed by atoms with Gasteiger partial charge in [0.15, 0.2) is 11.4 Å². The molecule has 0 radical (unpaired) electrons. The second kappa shape index (κ2) is 6.79. The van der Waals surface area contributed by atoms with E-state index in [0.717, 1.165) is 22.6 Å². The van der Waals surface area contributed by atoms with Gasteiger partial charge in [-0.2, -0.15) is 0 Å². The van der Waals surface area contributed by atoms with Gasteiger partial charge in [-0.3, -0.25) is 4.57 Å². The van der Waals surface area contributed by atoms with E-state index >= 15 is 0 Å². The van der Waals surface area contributed by atoms with Crippen LogP contribution in [0, 0.1) is 6.92 Å². The first-order valence-electron chi connectivity index (χ1n) is 8.66. The van der Waals surface area contributed by atoms with Gasteiger partial charge in [-0.15, -0.1) is 10.2 Å². The van der Waals surface area contributed by atoms with Crippen LogP contribution < -0.4 is 0 Å². The third-order valence-corrected chi connectivity index (χ3v) is 4.85. The average molecular weight is 384 g/mol. The predicted molar refractivity (Wildman–Crippen MR) is 100 cm³/mol. The lowest BCUT2D eigenvalue weighted by Crippen LogP contribution is -2.34. The summed E-state index contributed by atoms with van der Waals surface area (Å²) in [5, 5.41) is 9.19. The number of halogens is 1. The monoisotopic (exact) mass is 383 g/mol. The molecule has 3 aromatic rings. The summed E-state index contributed by atoms with van der Waals surface area (Å²) in [7, 11) is 0. The number of ether oxygens (including phenoxy) is 2. The van der Waals surface area contributed by atoms with Gasteiger partial charge in [0.25, 0.3) is 0 Å². The Morgan fingerprint density at radius 1 is 1.19 bits per heavy atom. The minimum Gasteiger partial charge on any atom is -0.464 e. The molecule has 0 fully saturated rings. The lowest BCUT2D eigenvalue weighted by Gasteiger charge is -2.29. The van der Waals surface area contributed by atoms with Crippen LogP contribution in [0.25, 0.3) is 5.69 Å². The fraction of sp³-hybridized carbons (Fsp3) is 0.250. The molecule has 1 atom stereocenters. The molecule has 1 aromatic heterocycles. The summed E-state index contributed by atoms with van der Waals surface area (Å²) in [6, 6.07) is 15.2. The Hall–Kier alpha value is -2.70. The van der Waals surface area contributed by atoms with Crippen LogP contribution in [0.1, 0.15) is 29.7 Å². The van der Waals surface area contributed by atoms with Crippen LogP contribution >= 0.6 is 11.6 Å². The highest BCUT2D eigenvalue weighted by Gasteiger charge is 2.50. The third kappa shape index (κ3) is 2.72. The van der Waals surface area contributed by atoms with E-state index in [9.17, 15) is 4.79 Å². The average Bonchev–Trinajstić information content (AvgIpc) is 3.18. The molecule has 4 rings (SSSR count). The first-order valence-corrected chi connectivity index (χ1v) is 9.03. The highest BCUT2D eigenvalue weighted by molar-refractivity contribution is 6.30. The number of fused-ring (bicyclic) bond motifs is 3. The first kappa shape index (κ1) is 17.7. The zero-order valence-corrected chi connectivity index (χ0v) is 15.7. The minimum absolute atomic E-state index is 0.222. The maximum Gasteiger partial charge on any atom is 0.332 e. The Balaban J connectivity index is 1.95. The zero-order chi connectivity index (χ0) is 19.0.